The van der Waals surface area contributed by atoms with Gasteiger partial charge in [-0.15, -0.1) is 0 Å². The summed E-state index contributed by atoms with van der Waals surface area (Å²) in [6.07, 6.45) is 17.3. The van der Waals surface area contributed by atoms with E-state index < -0.39 is 5.97 Å². The predicted molar refractivity (Wildman–Crippen MR) is 77.9 cm³/mol. The zero-order valence-corrected chi connectivity index (χ0v) is 17.0. The minimum absolute atomic E-state index is 0. The summed E-state index contributed by atoms with van der Waals surface area (Å²) < 4.78 is 0. The van der Waals surface area contributed by atoms with Gasteiger partial charge >= 0.3 is 5.97 Å². The summed E-state index contributed by atoms with van der Waals surface area (Å²) in [4.78, 5) is 10.3. The second-order valence-electron chi connectivity index (χ2n) is 5.39. The second-order valence-corrected chi connectivity index (χ2v) is 5.39. The first kappa shape index (κ1) is 21.7. The van der Waals surface area contributed by atoms with Crippen LogP contribution in [0.25, 0.3) is 0 Å². The third-order valence-electron chi connectivity index (χ3n) is 3.49. The molecule has 0 fully saturated rings. The monoisotopic (exact) mass is 370 g/mol. The Morgan fingerprint density at radius 1 is 0.684 bits per heavy atom. The molecule has 0 aliphatic carbocycles. The van der Waals surface area contributed by atoms with E-state index in [1.165, 1.54) is 70.6 Å². The van der Waals surface area contributed by atoms with Gasteiger partial charge in [0.15, 0.2) is 0 Å². The zero-order chi connectivity index (χ0) is 13.5. The van der Waals surface area contributed by atoms with Gasteiger partial charge in [0, 0.05) is 33.7 Å². The van der Waals surface area contributed by atoms with Crippen molar-refractivity contribution in [3.8, 4) is 0 Å². The first-order chi connectivity index (χ1) is 8.77. The van der Waals surface area contributed by atoms with Crippen LogP contribution in [-0.2, 0) is 32.1 Å². The van der Waals surface area contributed by atoms with Crippen LogP contribution in [-0.4, -0.2) is 11.1 Å². The summed E-state index contributed by atoms with van der Waals surface area (Å²) in [7, 11) is 0. The van der Waals surface area contributed by atoms with Gasteiger partial charge in [-0.25, -0.2) is 0 Å². The summed E-state index contributed by atoms with van der Waals surface area (Å²) in [6.45, 7) is 2.26. The van der Waals surface area contributed by atoms with Crippen LogP contribution in [0.15, 0.2) is 0 Å². The van der Waals surface area contributed by atoms with Crippen molar-refractivity contribution in [2.75, 3.05) is 0 Å². The van der Waals surface area contributed by atoms with E-state index in [0.29, 0.717) is 6.42 Å². The molecule has 110 valence electrons. The van der Waals surface area contributed by atoms with E-state index in [1.54, 1.807) is 0 Å². The molecule has 0 unspecified atom stereocenters. The average Bonchev–Trinajstić information content (AvgIpc) is 2.34. The Morgan fingerprint density at radius 3 is 1.32 bits per heavy atom. The molecule has 0 radical (unpaired) electrons. The first-order valence-electron chi connectivity index (χ1n) is 7.99. The number of carboxylic acid groups (broad SMARTS) is 1. The number of hydrogen-bond donors (Lipinski definition) is 1. The van der Waals surface area contributed by atoms with Gasteiger partial charge in [-0.3, -0.25) is 4.79 Å². The molecule has 1 N–H and O–H groups in total. The van der Waals surface area contributed by atoms with E-state index in [2.05, 4.69) is 6.92 Å². The summed E-state index contributed by atoms with van der Waals surface area (Å²) in [5.41, 5.74) is 0. The van der Waals surface area contributed by atoms with Crippen LogP contribution >= 0.6 is 0 Å². The smallest absolute Gasteiger partial charge is 0.303 e. The van der Waals surface area contributed by atoms with Crippen molar-refractivity contribution < 1.29 is 37.2 Å². The summed E-state index contributed by atoms with van der Waals surface area (Å²) in [6, 6.07) is 0. The minimum atomic E-state index is -0.655. The number of unbranched alkanes of at least 4 members (excludes halogenated alkanes) is 12. The molecule has 0 amide bonds. The molecule has 0 saturated heterocycles. The van der Waals surface area contributed by atoms with Crippen molar-refractivity contribution >= 4 is 5.97 Å². The van der Waals surface area contributed by atoms with Gasteiger partial charge in [-0.2, -0.15) is 0 Å². The molecule has 0 bridgehead atoms. The fourth-order valence-corrected chi connectivity index (χ4v) is 2.29. The van der Waals surface area contributed by atoms with Gasteiger partial charge in [0.25, 0.3) is 0 Å². The number of hydrogen-bond acceptors (Lipinski definition) is 1. The third kappa shape index (κ3) is 20.9. The Labute approximate surface area is 139 Å². The molecule has 0 aromatic rings. The van der Waals surface area contributed by atoms with Crippen LogP contribution in [0.3, 0.4) is 0 Å². The Hall–Kier alpha value is 0.392. The molecule has 0 atom stereocenters. The molecule has 0 aliphatic rings. The average molecular weight is 369 g/mol. The van der Waals surface area contributed by atoms with Gasteiger partial charge in [0.1, 0.15) is 0 Å². The van der Waals surface area contributed by atoms with Crippen molar-refractivity contribution in [2.45, 2.75) is 96.8 Å². The van der Waals surface area contributed by atoms with Crippen molar-refractivity contribution in [3.63, 3.8) is 0 Å². The van der Waals surface area contributed by atoms with E-state index in [9.17, 15) is 4.79 Å². The van der Waals surface area contributed by atoms with Crippen LogP contribution in [0, 0.1) is 0 Å². The van der Waals surface area contributed by atoms with Crippen LogP contribution < -0.4 is 0 Å². The molecule has 0 heterocycles. The Balaban J connectivity index is 0. The largest absolute Gasteiger partial charge is 0.481 e. The van der Waals surface area contributed by atoms with Gasteiger partial charge in [0.05, 0.1) is 0 Å². The Bertz CT molecular complexity index is 184. The van der Waals surface area contributed by atoms with E-state index in [4.69, 9.17) is 5.11 Å². The predicted octanol–water partition coefficient (Wildman–Crippen LogP) is 5.55. The van der Waals surface area contributed by atoms with E-state index in [1.807, 2.05) is 0 Å². The molecular weight excluding hydrogens is 337 g/mol. The number of aliphatic carboxylic acids is 1. The standard InChI is InChI=1S/C16H32O2.Cd/c1-2-3-4-5-6-7-8-9-10-11-12-13-14-15-16(17)18;/h2-15H2,1H3,(H,17,18);. The molecule has 0 saturated carbocycles. The molecule has 0 aromatic heterocycles. The van der Waals surface area contributed by atoms with Gasteiger partial charge in [-0.1, -0.05) is 84.0 Å². The fraction of sp³-hybridized carbons (Fsp3) is 0.938. The summed E-state index contributed by atoms with van der Waals surface area (Å²) in [5.74, 6) is -0.655. The van der Waals surface area contributed by atoms with E-state index in [-0.39, 0.29) is 27.3 Å². The summed E-state index contributed by atoms with van der Waals surface area (Å²) >= 11 is 0. The summed E-state index contributed by atoms with van der Waals surface area (Å²) in [5, 5.41) is 8.49. The quantitative estimate of drug-likeness (QED) is 0.322. The van der Waals surface area contributed by atoms with Crippen molar-refractivity contribution in [2.24, 2.45) is 0 Å². The van der Waals surface area contributed by atoms with E-state index >= 15 is 0 Å². The fourth-order valence-electron chi connectivity index (χ4n) is 2.29. The molecule has 0 spiro atoms. The maximum absolute atomic E-state index is 10.3. The minimum Gasteiger partial charge on any atom is -0.481 e. The van der Waals surface area contributed by atoms with Crippen LogP contribution in [0.2, 0.25) is 0 Å². The normalized spacial score (nSPS) is 10.2. The number of rotatable bonds is 14. The number of carboxylic acids is 1. The van der Waals surface area contributed by atoms with Crippen molar-refractivity contribution in [3.05, 3.63) is 0 Å². The molecule has 19 heavy (non-hydrogen) atoms. The van der Waals surface area contributed by atoms with Crippen LogP contribution in [0.1, 0.15) is 96.8 Å². The molecule has 0 rings (SSSR count). The first-order valence-corrected chi connectivity index (χ1v) is 7.99. The molecule has 2 nitrogen and oxygen atoms in total. The van der Waals surface area contributed by atoms with Gasteiger partial charge in [-0.05, 0) is 6.42 Å². The third-order valence-corrected chi connectivity index (χ3v) is 3.49. The van der Waals surface area contributed by atoms with Gasteiger partial charge in [0.2, 0.25) is 0 Å². The van der Waals surface area contributed by atoms with Crippen molar-refractivity contribution in [1.29, 1.82) is 0 Å². The molecular formula is C16H32CdO2. The SMILES string of the molecule is CCCCCCCCCCCCCCCC(=O)O.[Cd]. The Kier molecular flexibility index (Phi) is 21.0. The zero-order valence-electron chi connectivity index (χ0n) is 13.0. The molecule has 3 heteroatoms. The van der Waals surface area contributed by atoms with Crippen LogP contribution in [0.5, 0.6) is 0 Å². The topological polar surface area (TPSA) is 37.3 Å². The van der Waals surface area contributed by atoms with Crippen LogP contribution in [0.4, 0.5) is 0 Å². The molecule has 0 aliphatic heterocycles. The molecule has 0 aromatic carbocycles. The van der Waals surface area contributed by atoms with E-state index in [0.717, 1.165) is 12.8 Å². The van der Waals surface area contributed by atoms with Gasteiger partial charge < -0.3 is 5.11 Å². The Morgan fingerprint density at radius 2 is 1.00 bits per heavy atom. The number of carbonyl (C=O) groups is 1. The maximum atomic E-state index is 10.3. The van der Waals surface area contributed by atoms with Crippen molar-refractivity contribution in [1.82, 2.24) is 0 Å². The second kappa shape index (κ2) is 18.4. The maximum Gasteiger partial charge on any atom is 0.303 e.